The van der Waals surface area contributed by atoms with Crippen molar-refractivity contribution < 1.29 is 22.5 Å². The van der Waals surface area contributed by atoms with E-state index in [4.69, 9.17) is 38.9 Å². The molecule has 3 aromatic rings. The molecular formula is C28H25Cl2N3O5S. The van der Waals surface area contributed by atoms with E-state index in [1.165, 1.54) is 0 Å². The first-order valence-corrected chi connectivity index (χ1v) is 14.9. The minimum absolute atomic E-state index is 0.0989. The van der Waals surface area contributed by atoms with Crippen LogP contribution in [0.25, 0.3) is 11.3 Å². The average molecular weight is 586 g/mol. The minimum atomic E-state index is -4.07. The zero-order valence-electron chi connectivity index (χ0n) is 20.8. The van der Waals surface area contributed by atoms with E-state index in [2.05, 4.69) is 10.1 Å². The van der Waals surface area contributed by atoms with Crippen LogP contribution in [0, 0.1) is 17.6 Å². The molecule has 0 radical (unpaired) electrons. The number of benzene rings is 2. The van der Waals surface area contributed by atoms with Crippen molar-refractivity contribution in [2.75, 3.05) is 11.4 Å². The quantitative estimate of drug-likeness (QED) is 0.355. The number of nitrogens with one attached hydrogen (secondary N) is 1. The summed E-state index contributed by atoms with van der Waals surface area (Å²) in [7, 11) is -4.07. The van der Waals surface area contributed by atoms with Gasteiger partial charge >= 0.3 is 10.0 Å². The Hall–Kier alpha value is -3.03. The molecular weight excluding hydrogens is 561 g/mol. The van der Waals surface area contributed by atoms with E-state index in [-0.39, 0.29) is 11.7 Å². The molecule has 1 amide bonds. The molecule has 0 unspecified atom stereocenters. The third-order valence-electron chi connectivity index (χ3n) is 7.73. The topological polar surface area (TPSA) is 102 Å². The van der Waals surface area contributed by atoms with E-state index in [0.717, 1.165) is 49.2 Å². The first-order chi connectivity index (χ1) is 18.7. The number of nitrogens with zero attached hydrogens (tertiary/aromatic N) is 2. The molecule has 3 aliphatic rings. The molecule has 1 aliphatic heterocycles. The first-order valence-electron chi connectivity index (χ1n) is 12.7. The lowest BCUT2D eigenvalue weighted by Gasteiger charge is -2.33. The lowest BCUT2D eigenvalue weighted by Crippen LogP contribution is -2.38. The van der Waals surface area contributed by atoms with Crippen LogP contribution in [0.1, 0.15) is 53.3 Å². The Bertz CT molecular complexity index is 1560. The number of anilines is 1. The summed E-state index contributed by atoms with van der Waals surface area (Å²) in [6.07, 6.45) is 9.04. The van der Waals surface area contributed by atoms with Crippen LogP contribution >= 0.6 is 23.2 Å². The Morgan fingerprint density at radius 2 is 1.87 bits per heavy atom. The van der Waals surface area contributed by atoms with Crippen LogP contribution in [-0.2, 0) is 21.4 Å². The van der Waals surface area contributed by atoms with Crippen LogP contribution in [0.4, 0.5) is 5.69 Å². The smallest absolute Gasteiger partial charge is 0.304 e. The van der Waals surface area contributed by atoms with Crippen LogP contribution in [0.2, 0.25) is 10.0 Å². The highest BCUT2D eigenvalue weighted by molar-refractivity contribution is 7.94. The lowest BCUT2D eigenvalue weighted by atomic mass is 10.0. The van der Waals surface area contributed by atoms with Gasteiger partial charge in [0.2, 0.25) is 0 Å². The van der Waals surface area contributed by atoms with Crippen LogP contribution < -0.4 is 9.62 Å². The number of hydrogen-bond acceptors (Lipinski definition) is 7. The van der Waals surface area contributed by atoms with Gasteiger partial charge < -0.3 is 14.2 Å². The Morgan fingerprint density at radius 3 is 2.49 bits per heavy atom. The molecule has 2 aromatic carbocycles. The van der Waals surface area contributed by atoms with E-state index in [1.807, 2.05) is 16.9 Å². The number of fused-ring (bicyclic) bond motifs is 2. The first kappa shape index (κ1) is 26.2. The van der Waals surface area contributed by atoms with Gasteiger partial charge in [0.25, 0.3) is 5.91 Å². The van der Waals surface area contributed by atoms with E-state index in [0.29, 0.717) is 45.8 Å². The second kappa shape index (κ2) is 10.2. The van der Waals surface area contributed by atoms with Crippen molar-refractivity contribution in [1.29, 1.82) is 0 Å². The molecule has 202 valence electrons. The van der Waals surface area contributed by atoms with Crippen molar-refractivity contribution in [3.63, 3.8) is 0 Å². The molecule has 6 rings (SSSR count). The highest BCUT2D eigenvalue weighted by Gasteiger charge is 2.45. The molecule has 3 atom stereocenters. The normalized spacial score (nSPS) is 22.2. The van der Waals surface area contributed by atoms with Crippen molar-refractivity contribution in [1.82, 2.24) is 9.88 Å². The second-order valence-corrected chi connectivity index (χ2v) is 12.5. The van der Waals surface area contributed by atoms with Crippen molar-refractivity contribution in [2.45, 2.75) is 50.4 Å². The summed E-state index contributed by atoms with van der Waals surface area (Å²) in [6, 6.07) is 12.6. The number of piperidine rings is 1. The van der Waals surface area contributed by atoms with E-state index >= 15 is 0 Å². The zero-order chi connectivity index (χ0) is 27.3. The standard InChI is InChI=1S/C28H25Cl2N3O5S/c1-2-39(35,36)32-28(34)17-8-10-19(11-9-17)33-14-18-12-20(33)13-24(18)37-15-21-26(31-38-27(21)16-6-7-16)25-22(29)4-3-5-23(25)30/h1,3-5,8-11,16,18,20,24H,6-7,12-15H2,(H,32,34)/t18-,20-,24+/m0/s1. The molecule has 0 spiro atoms. The van der Waals surface area contributed by atoms with Gasteiger partial charge in [-0.2, -0.15) is 8.42 Å². The van der Waals surface area contributed by atoms with E-state index in [9.17, 15) is 13.2 Å². The Kier molecular flexibility index (Phi) is 6.84. The predicted molar refractivity (Wildman–Crippen MR) is 148 cm³/mol. The lowest BCUT2D eigenvalue weighted by molar-refractivity contribution is 0.0122. The number of hydrogen-bond donors (Lipinski definition) is 1. The Morgan fingerprint density at radius 1 is 1.15 bits per heavy atom. The summed E-state index contributed by atoms with van der Waals surface area (Å²) >= 11 is 13.0. The fourth-order valence-corrected chi connectivity index (χ4v) is 6.68. The maximum Gasteiger partial charge on any atom is 0.304 e. The third kappa shape index (κ3) is 5.14. The van der Waals surface area contributed by atoms with Gasteiger partial charge in [0.1, 0.15) is 11.5 Å². The molecule has 2 aliphatic carbocycles. The van der Waals surface area contributed by atoms with Gasteiger partial charge in [-0.1, -0.05) is 34.4 Å². The largest absolute Gasteiger partial charge is 0.373 e. The third-order valence-corrected chi connectivity index (χ3v) is 9.12. The van der Waals surface area contributed by atoms with Gasteiger partial charge in [-0.3, -0.25) is 4.79 Å². The maximum atomic E-state index is 12.2. The van der Waals surface area contributed by atoms with Crippen molar-refractivity contribution in [2.24, 2.45) is 5.92 Å². The van der Waals surface area contributed by atoms with Gasteiger partial charge in [0.05, 0.1) is 22.8 Å². The van der Waals surface area contributed by atoms with Crippen LogP contribution in [0.3, 0.4) is 0 Å². The highest BCUT2D eigenvalue weighted by Crippen LogP contribution is 2.47. The maximum absolute atomic E-state index is 12.2. The number of ether oxygens (including phenoxy) is 1. The molecule has 8 nitrogen and oxygen atoms in total. The number of sulfonamides is 1. The summed E-state index contributed by atoms with van der Waals surface area (Å²) in [5, 5.41) is 6.97. The molecule has 3 fully saturated rings. The number of amides is 1. The average Bonchev–Trinajstić information content (AvgIpc) is 3.37. The summed E-state index contributed by atoms with van der Waals surface area (Å²) in [4.78, 5) is 14.5. The molecule has 39 heavy (non-hydrogen) atoms. The number of terminal acetylenes is 1. The molecule has 2 heterocycles. The molecule has 1 saturated heterocycles. The predicted octanol–water partition coefficient (Wildman–Crippen LogP) is 5.36. The highest BCUT2D eigenvalue weighted by atomic mass is 35.5. The number of rotatable bonds is 8. The molecule has 1 N–H and O–H groups in total. The Labute approximate surface area is 236 Å². The van der Waals surface area contributed by atoms with Gasteiger partial charge in [-0.05, 0) is 62.1 Å². The Balaban J connectivity index is 1.12. The SMILES string of the molecule is C#CS(=O)(=O)NC(=O)c1ccc(N2C[C@@H]3C[C@H]2C[C@H]3OCc2c(-c3c(Cl)cccc3Cl)noc2C2CC2)cc1. The van der Waals surface area contributed by atoms with Gasteiger partial charge in [0.15, 0.2) is 0 Å². The summed E-state index contributed by atoms with van der Waals surface area (Å²) in [6.45, 7) is 1.21. The fourth-order valence-electron chi connectivity index (χ4n) is 5.68. The van der Waals surface area contributed by atoms with Gasteiger partial charge in [0, 0.05) is 52.1 Å². The molecule has 2 bridgehead atoms. The fraction of sp³-hybridized carbons (Fsp3) is 0.357. The summed E-state index contributed by atoms with van der Waals surface area (Å²) in [5.41, 5.74) is 3.44. The summed E-state index contributed by atoms with van der Waals surface area (Å²) in [5.74, 6) is 0.825. The number of carbonyl (C=O) groups excluding carboxylic acids is 1. The van der Waals surface area contributed by atoms with Crippen LogP contribution in [0.5, 0.6) is 0 Å². The van der Waals surface area contributed by atoms with E-state index in [1.54, 1.807) is 35.6 Å². The second-order valence-electron chi connectivity index (χ2n) is 10.2. The van der Waals surface area contributed by atoms with Crippen molar-refractivity contribution >= 4 is 44.8 Å². The van der Waals surface area contributed by atoms with Crippen molar-refractivity contribution in [3.05, 3.63) is 69.4 Å². The molecule has 2 saturated carbocycles. The zero-order valence-corrected chi connectivity index (χ0v) is 23.1. The minimum Gasteiger partial charge on any atom is -0.373 e. The van der Waals surface area contributed by atoms with Crippen LogP contribution in [-0.4, -0.2) is 38.2 Å². The van der Waals surface area contributed by atoms with Gasteiger partial charge in [-0.15, -0.1) is 6.42 Å². The van der Waals surface area contributed by atoms with E-state index < -0.39 is 15.9 Å². The number of halogens is 2. The number of carbonyl (C=O) groups is 1. The summed E-state index contributed by atoms with van der Waals surface area (Å²) < 4.78 is 37.1. The molecule has 11 heteroatoms. The monoisotopic (exact) mass is 585 g/mol. The molecule has 1 aromatic heterocycles. The van der Waals surface area contributed by atoms with Crippen molar-refractivity contribution in [3.8, 4) is 22.9 Å². The van der Waals surface area contributed by atoms with Gasteiger partial charge in [-0.25, -0.2) is 4.72 Å². The van der Waals surface area contributed by atoms with Crippen LogP contribution in [0.15, 0.2) is 47.0 Å². The number of aromatic nitrogens is 1.